The lowest BCUT2D eigenvalue weighted by atomic mass is 9.73. The van der Waals surface area contributed by atoms with Gasteiger partial charge in [0, 0.05) is 0 Å². The summed E-state index contributed by atoms with van der Waals surface area (Å²) < 4.78 is 0. The molecule has 0 unspecified atom stereocenters. The first-order valence-electron chi connectivity index (χ1n) is 5.70. The number of nitrogens with zero attached hydrogens (tertiary/aromatic N) is 1. The molecule has 2 fully saturated rings. The van der Waals surface area contributed by atoms with Crippen molar-refractivity contribution in [2.45, 2.75) is 32.1 Å². The van der Waals surface area contributed by atoms with Gasteiger partial charge in [-0.3, -0.25) is 0 Å². The fourth-order valence-electron chi connectivity index (χ4n) is 2.78. The van der Waals surface area contributed by atoms with Crippen LogP contribution in [0.4, 0.5) is 0 Å². The van der Waals surface area contributed by atoms with E-state index in [1.165, 1.54) is 58.3 Å². The average Bonchev–Trinajstić information content (AvgIpc) is 2.37. The van der Waals surface area contributed by atoms with Crippen molar-refractivity contribution in [3.63, 3.8) is 0 Å². The maximum atomic E-state index is 3.52. The molecular formula is C11H26Cl2N2O. The first kappa shape index (κ1) is 18.8. The van der Waals surface area contributed by atoms with Gasteiger partial charge in [-0.25, -0.2) is 0 Å². The molecule has 0 radical (unpaired) electrons. The maximum Gasteiger partial charge on any atom is -0.00165 e. The van der Waals surface area contributed by atoms with Crippen molar-refractivity contribution >= 4 is 24.8 Å². The Bertz CT molecular complexity index is 163. The number of nitrogens with one attached hydrogen (secondary N) is 1. The third-order valence-corrected chi connectivity index (χ3v) is 3.94. The minimum Gasteiger partial charge on any atom is -0.412 e. The van der Waals surface area contributed by atoms with Gasteiger partial charge >= 0.3 is 0 Å². The highest BCUT2D eigenvalue weighted by Crippen LogP contribution is 2.39. The molecule has 3 N–H and O–H groups in total. The van der Waals surface area contributed by atoms with Crippen LogP contribution in [0.15, 0.2) is 0 Å². The summed E-state index contributed by atoms with van der Waals surface area (Å²) >= 11 is 0. The van der Waals surface area contributed by atoms with Crippen molar-refractivity contribution in [2.75, 3.05) is 33.2 Å². The number of hydrogen-bond donors (Lipinski definition) is 1. The van der Waals surface area contributed by atoms with Gasteiger partial charge in [0.2, 0.25) is 0 Å². The fourth-order valence-corrected chi connectivity index (χ4v) is 2.78. The van der Waals surface area contributed by atoms with Crippen molar-refractivity contribution in [1.29, 1.82) is 0 Å². The molecule has 1 spiro atoms. The Labute approximate surface area is 111 Å². The van der Waals surface area contributed by atoms with Crippen LogP contribution in [0, 0.1) is 5.41 Å². The topological polar surface area (TPSA) is 46.8 Å². The molecule has 0 atom stereocenters. The molecule has 16 heavy (non-hydrogen) atoms. The summed E-state index contributed by atoms with van der Waals surface area (Å²) in [6, 6.07) is 0. The van der Waals surface area contributed by atoms with Gasteiger partial charge in [-0.05, 0) is 70.7 Å². The predicted octanol–water partition coefficient (Wildman–Crippen LogP) is 1.49. The smallest absolute Gasteiger partial charge is 0.00165 e. The first-order chi connectivity index (χ1) is 6.31. The van der Waals surface area contributed by atoms with Crippen molar-refractivity contribution in [1.82, 2.24) is 10.2 Å². The number of likely N-dealkylation sites (tertiary alicyclic amines) is 1. The highest BCUT2D eigenvalue weighted by molar-refractivity contribution is 5.85. The molecule has 2 heterocycles. The predicted molar refractivity (Wildman–Crippen MR) is 74.0 cm³/mol. The zero-order valence-electron chi connectivity index (χ0n) is 10.1. The van der Waals surface area contributed by atoms with Crippen molar-refractivity contribution in [3.8, 4) is 0 Å². The van der Waals surface area contributed by atoms with E-state index in [0.29, 0.717) is 0 Å². The summed E-state index contributed by atoms with van der Waals surface area (Å²) in [6.45, 7) is 5.14. The van der Waals surface area contributed by atoms with Gasteiger partial charge in [0.25, 0.3) is 0 Å². The Morgan fingerprint density at radius 1 is 0.938 bits per heavy atom. The van der Waals surface area contributed by atoms with Crippen LogP contribution in [-0.4, -0.2) is 43.6 Å². The summed E-state index contributed by atoms with van der Waals surface area (Å²) in [7, 11) is 2.25. The molecule has 0 saturated carbocycles. The third-order valence-electron chi connectivity index (χ3n) is 3.94. The molecule has 0 amide bonds. The number of rotatable bonds is 0. The Morgan fingerprint density at radius 3 is 2.19 bits per heavy atom. The summed E-state index contributed by atoms with van der Waals surface area (Å²) in [4.78, 5) is 2.48. The second-order valence-corrected chi connectivity index (χ2v) is 4.91. The van der Waals surface area contributed by atoms with Gasteiger partial charge in [0.05, 0.1) is 0 Å². The van der Waals surface area contributed by atoms with E-state index in [1.807, 2.05) is 0 Å². The summed E-state index contributed by atoms with van der Waals surface area (Å²) in [6.07, 6.45) is 7.15. The molecule has 2 aliphatic rings. The lowest BCUT2D eigenvalue weighted by Crippen LogP contribution is -2.38. The van der Waals surface area contributed by atoms with E-state index in [4.69, 9.17) is 0 Å². The molecule has 0 bridgehead atoms. The van der Waals surface area contributed by atoms with Crippen LogP contribution < -0.4 is 5.32 Å². The van der Waals surface area contributed by atoms with E-state index < -0.39 is 0 Å². The van der Waals surface area contributed by atoms with E-state index in [1.54, 1.807) is 0 Å². The highest BCUT2D eigenvalue weighted by Gasteiger charge is 2.33. The summed E-state index contributed by atoms with van der Waals surface area (Å²) in [5, 5.41) is 3.52. The molecule has 0 aromatic carbocycles. The maximum absolute atomic E-state index is 3.52. The highest BCUT2D eigenvalue weighted by atomic mass is 35.5. The van der Waals surface area contributed by atoms with Crippen LogP contribution in [0.3, 0.4) is 0 Å². The van der Waals surface area contributed by atoms with Crippen LogP contribution in [0.25, 0.3) is 0 Å². The van der Waals surface area contributed by atoms with E-state index in [2.05, 4.69) is 17.3 Å². The average molecular weight is 273 g/mol. The molecule has 2 rings (SSSR count). The summed E-state index contributed by atoms with van der Waals surface area (Å²) in [5.74, 6) is 0. The monoisotopic (exact) mass is 272 g/mol. The largest absolute Gasteiger partial charge is 0.412 e. The van der Waals surface area contributed by atoms with Crippen molar-refractivity contribution in [2.24, 2.45) is 5.41 Å². The zero-order valence-corrected chi connectivity index (χ0v) is 11.8. The van der Waals surface area contributed by atoms with Crippen LogP contribution in [0.1, 0.15) is 32.1 Å². The summed E-state index contributed by atoms with van der Waals surface area (Å²) in [5.41, 5.74) is 0.718. The fraction of sp³-hybridized carbons (Fsp3) is 1.00. The molecule has 0 aromatic rings. The van der Waals surface area contributed by atoms with E-state index in [-0.39, 0.29) is 30.3 Å². The second kappa shape index (κ2) is 8.54. The standard InChI is InChI=1S/C11H22N2.2ClH.H2O/c1-13-9-5-11(6-10-13)3-2-7-12-8-4-11;;;/h12H,2-10H2,1H3;2*1H;1H2. The Morgan fingerprint density at radius 2 is 1.56 bits per heavy atom. The second-order valence-electron chi connectivity index (χ2n) is 4.91. The molecule has 2 saturated heterocycles. The van der Waals surface area contributed by atoms with Crippen LogP contribution >= 0.6 is 24.8 Å². The van der Waals surface area contributed by atoms with Crippen LogP contribution in [0.5, 0.6) is 0 Å². The number of hydrogen-bond acceptors (Lipinski definition) is 2. The Balaban J connectivity index is 0. The normalized spacial score (nSPS) is 24.6. The van der Waals surface area contributed by atoms with Gasteiger partial charge in [-0.1, -0.05) is 0 Å². The van der Waals surface area contributed by atoms with E-state index >= 15 is 0 Å². The van der Waals surface area contributed by atoms with Gasteiger partial charge in [0.15, 0.2) is 0 Å². The molecule has 100 valence electrons. The van der Waals surface area contributed by atoms with Crippen molar-refractivity contribution < 1.29 is 5.48 Å². The molecule has 5 heteroatoms. The van der Waals surface area contributed by atoms with Crippen LogP contribution in [-0.2, 0) is 0 Å². The lowest BCUT2D eigenvalue weighted by Gasteiger charge is -2.40. The Hall–Kier alpha value is 0.460. The SMILES string of the molecule is CN1CCC2(CCCNCC2)CC1.Cl.Cl.O. The minimum absolute atomic E-state index is 0. The molecular weight excluding hydrogens is 247 g/mol. The van der Waals surface area contributed by atoms with Crippen molar-refractivity contribution in [3.05, 3.63) is 0 Å². The minimum atomic E-state index is 0. The quantitative estimate of drug-likeness (QED) is 0.727. The van der Waals surface area contributed by atoms with Gasteiger partial charge in [-0.15, -0.1) is 24.8 Å². The van der Waals surface area contributed by atoms with Gasteiger partial charge < -0.3 is 15.7 Å². The Kier molecular flexibility index (Phi) is 10.0. The zero-order chi connectivity index (χ0) is 9.15. The lowest BCUT2D eigenvalue weighted by molar-refractivity contribution is 0.108. The van der Waals surface area contributed by atoms with E-state index in [0.717, 1.165) is 5.41 Å². The van der Waals surface area contributed by atoms with E-state index in [9.17, 15) is 0 Å². The molecule has 0 aromatic heterocycles. The molecule has 2 aliphatic heterocycles. The van der Waals surface area contributed by atoms with Crippen LogP contribution in [0.2, 0.25) is 0 Å². The molecule has 0 aliphatic carbocycles. The van der Waals surface area contributed by atoms with Gasteiger partial charge in [-0.2, -0.15) is 0 Å². The number of halogens is 2. The molecule has 3 nitrogen and oxygen atoms in total. The number of piperidine rings is 1. The van der Waals surface area contributed by atoms with Gasteiger partial charge in [0.1, 0.15) is 0 Å². The third kappa shape index (κ3) is 4.76. The first-order valence-corrected chi connectivity index (χ1v) is 5.70.